The molecule has 100 valence electrons. The summed E-state index contributed by atoms with van der Waals surface area (Å²) >= 11 is 1.74. The van der Waals surface area contributed by atoms with Crippen LogP contribution in [0, 0.1) is 11.3 Å². The zero-order valence-electron chi connectivity index (χ0n) is 10.8. The van der Waals surface area contributed by atoms with Crippen LogP contribution >= 0.6 is 22.9 Å². The molecule has 0 aliphatic carbocycles. The van der Waals surface area contributed by atoms with Crippen LogP contribution in [0.5, 0.6) is 0 Å². The van der Waals surface area contributed by atoms with Gasteiger partial charge in [0.25, 0.3) is 0 Å². The largest absolute Gasteiger partial charge is 0.463 e. The number of hydrogen-bond donors (Lipinski definition) is 2. The van der Waals surface area contributed by atoms with E-state index in [1.807, 2.05) is 27.7 Å². The minimum absolute atomic E-state index is 0.200. The minimum atomic E-state index is -0.453. The molecule has 0 saturated carbocycles. The van der Waals surface area contributed by atoms with Gasteiger partial charge in [-0.1, -0.05) is 20.8 Å². The first-order valence-electron chi connectivity index (χ1n) is 5.70. The van der Waals surface area contributed by atoms with Gasteiger partial charge in [0.05, 0.1) is 34.8 Å². The summed E-state index contributed by atoms with van der Waals surface area (Å²) in [5.74, 6) is 0.0253. The molecule has 0 aromatic rings. The van der Waals surface area contributed by atoms with E-state index >= 15 is 0 Å². The lowest BCUT2D eigenvalue weighted by molar-refractivity contribution is -0.157. The normalized spacial score (nSPS) is 14.0. The summed E-state index contributed by atoms with van der Waals surface area (Å²) in [6.07, 6.45) is 0.741. The average molecular weight is 356 g/mol. The lowest BCUT2D eigenvalue weighted by Crippen LogP contribution is -2.37. The summed E-state index contributed by atoms with van der Waals surface area (Å²) in [7, 11) is 0. The van der Waals surface area contributed by atoms with Crippen LogP contribution in [0.25, 0.3) is 0 Å². The molecular weight excluding hydrogens is 335 g/mol. The third kappa shape index (κ3) is 5.10. The van der Waals surface area contributed by atoms with E-state index in [-0.39, 0.29) is 24.5 Å². The molecule has 5 nitrogen and oxygen atoms in total. The van der Waals surface area contributed by atoms with Gasteiger partial charge in [-0.2, -0.15) is 0 Å². The van der Waals surface area contributed by atoms with Gasteiger partial charge in [0.1, 0.15) is 6.61 Å². The van der Waals surface area contributed by atoms with Crippen molar-refractivity contribution >= 4 is 34.9 Å². The van der Waals surface area contributed by atoms with Crippen LogP contribution in [0.2, 0.25) is 0 Å². The van der Waals surface area contributed by atoms with E-state index in [2.05, 4.69) is 8.85 Å². The van der Waals surface area contributed by atoms with Crippen molar-refractivity contribution in [1.82, 2.24) is 8.85 Å². The number of halogens is 1. The Bertz CT molecular complexity index is 271. The molecule has 0 bridgehead atoms. The molecule has 0 fully saturated rings. The summed E-state index contributed by atoms with van der Waals surface area (Å²) in [6.45, 7) is 8.41. The van der Waals surface area contributed by atoms with Crippen molar-refractivity contribution in [2.75, 3.05) is 13.2 Å². The van der Waals surface area contributed by atoms with Gasteiger partial charge in [-0.25, -0.2) is 4.79 Å². The second-order valence-electron chi connectivity index (χ2n) is 4.41. The number of urea groups is 1. The number of nitrogens with one attached hydrogen (secondary N) is 2. The molecular formula is C11H21IN2O3. The van der Waals surface area contributed by atoms with E-state index in [0.717, 1.165) is 6.42 Å². The van der Waals surface area contributed by atoms with Crippen molar-refractivity contribution < 1.29 is 14.3 Å². The highest BCUT2D eigenvalue weighted by molar-refractivity contribution is 14.1. The molecule has 0 aliphatic rings. The lowest BCUT2D eigenvalue weighted by atomic mass is 9.77. The molecule has 1 atom stereocenters. The van der Waals surface area contributed by atoms with Crippen LogP contribution < -0.4 is 8.85 Å². The molecule has 0 rings (SSSR count). The first-order chi connectivity index (χ1) is 7.88. The van der Waals surface area contributed by atoms with Crippen LogP contribution in [0.3, 0.4) is 0 Å². The summed E-state index contributed by atoms with van der Waals surface area (Å²) in [5, 5.41) is 2.55. The molecule has 17 heavy (non-hydrogen) atoms. The fraction of sp³-hybridized carbons (Fsp3) is 0.818. The van der Waals surface area contributed by atoms with Gasteiger partial charge in [0.2, 0.25) is 0 Å². The average Bonchev–Trinajstić information content (AvgIpc) is 2.32. The molecule has 0 heterocycles. The number of carbonyl (C=O) groups excluding carboxylic acids is 2. The number of amides is 2. The molecule has 1 unspecified atom stereocenters. The van der Waals surface area contributed by atoms with Crippen LogP contribution in [0.4, 0.5) is 4.79 Å². The second-order valence-corrected chi connectivity index (χ2v) is 4.95. The zero-order valence-corrected chi connectivity index (χ0v) is 13.0. The summed E-state index contributed by atoms with van der Waals surface area (Å²) in [4.78, 5) is 22.7. The number of rotatable bonds is 6. The van der Waals surface area contributed by atoms with E-state index in [4.69, 9.17) is 4.74 Å². The van der Waals surface area contributed by atoms with Gasteiger partial charge >= 0.3 is 12.0 Å². The van der Waals surface area contributed by atoms with Crippen LogP contribution in [0.15, 0.2) is 0 Å². The maximum Gasteiger partial charge on any atom is 0.323 e. The van der Waals surface area contributed by atoms with E-state index in [0.29, 0.717) is 6.54 Å². The fourth-order valence-electron chi connectivity index (χ4n) is 1.29. The second kappa shape index (κ2) is 7.73. The first-order valence-corrected chi connectivity index (χ1v) is 6.78. The quantitative estimate of drug-likeness (QED) is 0.332. The monoisotopic (exact) mass is 356 g/mol. The lowest BCUT2D eigenvalue weighted by Gasteiger charge is -2.29. The summed E-state index contributed by atoms with van der Waals surface area (Å²) in [6, 6.07) is -0.288. The number of carbonyl (C=O) groups is 2. The van der Waals surface area contributed by atoms with Crippen molar-refractivity contribution in [2.24, 2.45) is 11.3 Å². The first kappa shape index (κ1) is 16.5. The number of esters is 1. The summed E-state index contributed by atoms with van der Waals surface area (Å²) in [5.41, 5.74) is -0.453. The number of hydrogen-bond acceptors (Lipinski definition) is 3. The Hall–Kier alpha value is -0.530. The smallest absolute Gasteiger partial charge is 0.323 e. The standard InChI is InChI=1S/C11H21IN2O3/c1-5-11(4,8(2)3)9(15)17-7-6-13-10(16)14-12/h8H,5-7H2,1-4H3,(H2,13,14,16). The van der Waals surface area contributed by atoms with Crippen LogP contribution in [0.1, 0.15) is 34.1 Å². The maximum absolute atomic E-state index is 11.9. The van der Waals surface area contributed by atoms with Gasteiger partial charge in [0, 0.05) is 0 Å². The van der Waals surface area contributed by atoms with E-state index in [1.165, 1.54) is 0 Å². The minimum Gasteiger partial charge on any atom is -0.463 e. The van der Waals surface area contributed by atoms with Crippen molar-refractivity contribution in [3.63, 3.8) is 0 Å². The molecule has 2 N–H and O–H groups in total. The number of ether oxygens (including phenoxy) is 1. The molecule has 0 aliphatic heterocycles. The van der Waals surface area contributed by atoms with Gasteiger partial charge in [-0.15, -0.1) is 0 Å². The van der Waals surface area contributed by atoms with Crippen molar-refractivity contribution in [3.05, 3.63) is 0 Å². The third-order valence-corrected chi connectivity index (χ3v) is 3.67. The maximum atomic E-state index is 11.9. The molecule has 0 aromatic carbocycles. The predicted molar refractivity (Wildman–Crippen MR) is 74.7 cm³/mol. The molecule has 0 spiro atoms. The van der Waals surface area contributed by atoms with Gasteiger partial charge in [-0.3, -0.25) is 8.32 Å². The Balaban J connectivity index is 4.05. The van der Waals surface area contributed by atoms with Crippen LogP contribution in [-0.2, 0) is 9.53 Å². The Morgan fingerprint density at radius 1 is 1.41 bits per heavy atom. The third-order valence-electron chi connectivity index (χ3n) is 3.18. The van der Waals surface area contributed by atoms with Crippen LogP contribution in [-0.4, -0.2) is 25.2 Å². The topological polar surface area (TPSA) is 67.4 Å². The summed E-state index contributed by atoms with van der Waals surface area (Å²) < 4.78 is 7.56. The predicted octanol–water partition coefficient (Wildman–Crippen LogP) is 2.25. The van der Waals surface area contributed by atoms with Crippen molar-refractivity contribution in [3.8, 4) is 0 Å². The molecule has 0 saturated heterocycles. The Kier molecular flexibility index (Phi) is 7.49. The highest BCUT2D eigenvalue weighted by atomic mass is 127. The van der Waals surface area contributed by atoms with E-state index in [1.54, 1.807) is 22.9 Å². The van der Waals surface area contributed by atoms with Gasteiger partial charge in [-0.05, 0) is 19.3 Å². The molecule has 0 aromatic heterocycles. The highest BCUT2D eigenvalue weighted by Crippen LogP contribution is 2.32. The molecule has 6 heteroatoms. The van der Waals surface area contributed by atoms with Crippen molar-refractivity contribution in [2.45, 2.75) is 34.1 Å². The van der Waals surface area contributed by atoms with E-state index in [9.17, 15) is 9.59 Å². The van der Waals surface area contributed by atoms with Gasteiger partial charge < -0.3 is 10.1 Å². The Labute approximate surface area is 117 Å². The zero-order chi connectivity index (χ0) is 13.5. The SMILES string of the molecule is CCC(C)(C(=O)OCCNC(=O)NI)C(C)C. The van der Waals surface area contributed by atoms with E-state index < -0.39 is 5.41 Å². The highest BCUT2D eigenvalue weighted by Gasteiger charge is 2.36. The van der Waals surface area contributed by atoms with Gasteiger partial charge in [0.15, 0.2) is 0 Å². The fourth-order valence-corrected chi connectivity index (χ4v) is 1.49. The van der Waals surface area contributed by atoms with Crippen molar-refractivity contribution in [1.29, 1.82) is 0 Å². The Morgan fingerprint density at radius 2 is 2.00 bits per heavy atom. The molecule has 0 radical (unpaired) electrons. The Morgan fingerprint density at radius 3 is 2.41 bits per heavy atom. The molecule has 2 amide bonds.